The zero-order valence-electron chi connectivity index (χ0n) is 11.8. The maximum absolute atomic E-state index is 11.3. The first kappa shape index (κ1) is 15.4. The third kappa shape index (κ3) is 4.92. The molecule has 0 aromatic heterocycles. The minimum Gasteiger partial charge on any atom is -0.376 e. The Kier molecular flexibility index (Phi) is 6.60. The van der Waals surface area contributed by atoms with Crippen molar-refractivity contribution < 1.29 is 9.53 Å². The van der Waals surface area contributed by atoms with Gasteiger partial charge in [0.15, 0.2) is 0 Å². The molecular weight excluding hydrogens is 230 g/mol. The molecule has 0 radical (unpaired) electrons. The first-order valence-electron chi connectivity index (χ1n) is 6.93. The number of rotatable bonds is 7. The monoisotopic (exact) mass is 257 g/mol. The van der Waals surface area contributed by atoms with Gasteiger partial charge in [-0.25, -0.2) is 0 Å². The van der Waals surface area contributed by atoms with Crippen LogP contribution in [0.2, 0.25) is 0 Å². The number of ether oxygens (including phenoxy) is 1. The van der Waals surface area contributed by atoms with E-state index in [2.05, 4.69) is 31.0 Å². The Morgan fingerprint density at radius 3 is 2.89 bits per heavy atom. The zero-order chi connectivity index (χ0) is 13.5. The molecule has 1 rings (SSSR count). The van der Waals surface area contributed by atoms with Crippen molar-refractivity contribution in [2.24, 2.45) is 5.73 Å². The van der Waals surface area contributed by atoms with E-state index in [-0.39, 0.29) is 18.1 Å². The Morgan fingerprint density at radius 1 is 1.56 bits per heavy atom. The van der Waals surface area contributed by atoms with Gasteiger partial charge >= 0.3 is 0 Å². The number of carbonyl (C=O) groups is 1. The topological polar surface area (TPSA) is 67.6 Å². The van der Waals surface area contributed by atoms with Gasteiger partial charge < -0.3 is 15.8 Å². The van der Waals surface area contributed by atoms with Crippen molar-refractivity contribution >= 4 is 5.91 Å². The van der Waals surface area contributed by atoms with E-state index in [1.807, 2.05) is 0 Å². The van der Waals surface area contributed by atoms with Gasteiger partial charge in [0.1, 0.15) is 0 Å². The van der Waals surface area contributed by atoms with E-state index < -0.39 is 0 Å². The second-order valence-electron chi connectivity index (χ2n) is 5.19. The highest BCUT2D eigenvalue weighted by molar-refractivity contribution is 5.79. The molecule has 1 aliphatic heterocycles. The molecule has 1 heterocycles. The minimum absolute atomic E-state index is 0.213. The van der Waals surface area contributed by atoms with E-state index in [1.54, 1.807) is 0 Å². The van der Waals surface area contributed by atoms with Crippen LogP contribution in [-0.2, 0) is 9.53 Å². The van der Waals surface area contributed by atoms with E-state index in [9.17, 15) is 4.79 Å². The molecule has 106 valence electrons. The summed E-state index contributed by atoms with van der Waals surface area (Å²) in [6.07, 6.45) is 2.05. The second-order valence-corrected chi connectivity index (χ2v) is 5.19. The fraction of sp³-hybridized carbons (Fsp3) is 0.923. The predicted octanol–water partition coefficient (Wildman–Crippen LogP) is 0.339. The van der Waals surface area contributed by atoms with Crippen LogP contribution in [-0.4, -0.2) is 55.2 Å². The average Bonchev–Trinajstić information content (AvgIpc) is 2.33. The Hall–Kier alpha value is -0.650. The number of nitrogens with one attached hydrogen (secondary N) is 1. The third-order valence-electron chi connectivity index (χ3n) is 3.43. The molecule has 0 aliphatic carbocycles. The second kappa shape index (κ2) is 7.71. The van der Waals surface area contributed by atoms with Crippen LogP contribution in [0.1, 0.15) is 33.6 Å². The van der Waals surface area contributed by atoms with Gasteiger partial charge in [-0.2, -0.15) is 0 Å². The maximum Gasteiger partial charge on any atom is 0.234 e. The number of hydrogen-bond acceptors (Lipinski definition) is 4. The van der Waals surface area contributed by atoms with Crippen molar-refractivity contribution in [2.45, 2.75) is 51.8 Å². The molecule has 5 nitrogen and oxygen atoms in total. The van der Waals surface area contributed by atoms with Crippen LogP contribution in [0.4, 0.5) is 0 Å². The van der Waals surface area contributed by atoms with Gasteiger partial charge in [-0.15, -0.1) is 0 Å². The van der Waals surface area contributed by atoms with Crippen LogP contribution in [0.15, 0.2) is 0 Å². The van der Waals surface area contributed by atoms with Crippen LogP contribution in [0.5, 0.6) is 0 Å². The number of morpholine rings is 1. The standard InChI is InChI=1S/C13H27N3O2/c1-4-6-15-12(13(14)17)5-7-16-8-11(3)18-9-10(16)2/h10-12,15H,4-9H2,1-3H3,(H2,14,17). The summed E-state index contributed by atoms with van der Waals surface area (Å²) in [5, 5.41) is 3.20. The molecule has 1 aliphatic rings. The predicted molar refractivity (Wildman–Crippen MR) is 72.3 cm³/mol. The van der Waals surface area contributed by atoms with Crippen molar-refractivity contribution in [1.29, 1.82) is 0 Å². The summed E-state index contributed by atoms with van der Waals surface area (Å²) in [5.41, 5.74) is 5.41. The fourth-order valence-corrected chi connectivity index (χ4v) is 2.24. The Labute approximate surface area is 110 Å². The molecule has 3 unspecified atom stereocenters. The van der Waals surface area contributed by atoms with Crippen LogP contribution >= 0.6 is 0 Å². The molecule has 3 atom stereocenters. The summed E-state index contributed by atoms with van der Waals surface area (Å²) in [6, 6.07) is 0.205. The number of primary amides is 1. The van der Waals surface area contributed by atoms with Crippen LogP contribution in [0.3, 0.4) is 0 Å². The van der Waals surface area contributed by atoms with Gasteiger partial charge in [-0.3, -0.25) is 9.69 Å². The first-order valence-corrected chi connectivity index (χ1v) is 6.93. The smallest absolute Gasteiger partial charge is 0.234 e. The number of hydrogen-bond donors (Lipinski definition) is 2. The van der Waals surface area contributed by atoms with Crippen molar-refractivity contribution in [2.75, 3.05) is 26.2 Å². The highest BCUT2D eigenvalue weighted by Gasteiger charge is 2.24. The zero-order valence-corrected chi connectivity index (χ0v) is 11.8. The Bertz CT molecular complexity index is 261. The van der Waals surface area contributed by atoms with Crippen LogP contribution < -0.4 is 11.1 Å². The lowest BCUT2D eigenvalue weighted by Gasteiger charge is -2.37. The highest BCUT2D eigenvalue weighted by Crippen LogP contribution is 2.12. The summed E-state index contributed by atoms with van der Waals surface area (Å²) in [6.45, 7) is 9.74. The molecule has 1 amide bonds. The van der Waals surface area contributed by atoms with Gasteiger partial charge in [0.05, 0.1) is 18.8 Å². The van der Waals surface area contributed by atoms with E-state index in [4.69, 9.17) is 10.5 Å². The average molecular weight is 257 g/mol. The van der Waals surface area contributed by atoms with Gasteiger partial charge in [-0.1, -0.05) is 6.92 Å². The van der Waals surface area contributed by atoms with Gasteiger partial charge in [0.2, 0.25) is 5.91 Å². The molecule has 0 spiro atoms. The molecule has 5 heteroatoms. The minimum atomic E-state index is -0.252. The normalized spacial score (nSPS) is 27.1. The lowest BCUT2D eigenvalue weighted by atomic mass is 10.1. The van der Waals surface area contributed by atoms with Crippen molar-refractivity contribution in [3.63, 3.8) is 0 Å². The highest BCUT2D eigenvalue weighted by atomic mass is 16.5. The molecule has 1 saturated heterocycles. The van der Waals surface area contributed by atoms with E-state index in [0.29, 0.717) is 6.04 Å². The van der Waals surface area contributed by atoms with E-state index >= 15 is 0 Å². The SMILES string of the molecule is CCCNC(CCN1CC(C)OCC1C)C(N)=O. The molecule has 0 saturated carbocycles. The number of amides is 1. The quantitative estimate of drug-likeness (QED) is 0.690. The molecule has 0 aromatic rings. The van der Waals surface area contributed by atoms with Crippen LogP contribution in [0.25, 0.3) is 0 Å². The van der Waals surface area contributed by atoms with Crippen molar-refractivity contribution in [1.82, 2.24) is 10.2 Å². The van der Waals surface area contributed by atoms with Gasteiger partial charge in [-0.05, 0) is 33.2 Å². The fourth-order valence-electron chi connectivity index (χ4n) is 2.24. The molecule has 0 aromatic carbocycles. The Morgan fingerprint density at radius 2 is 2.28 bits per heavy atom. The van der Waals surface area contributed by atoms with Crippen molar-refractivity contribution in [3.05, 3.63) is 0 Å². The lowest BCUT2D eigenvalue weighted by Crippen LogP contribution is -2.50. The van der Waals surface area contributed by atoms with Crippen LogP contribution in [0, 0.1) is 0 Å². The molecule has 0 bridgehead atoms. The molecular formula is C13H27N3O2. The molecule has 1 fully saturated rings. The summed E-state index contributed by atoms with van der Waals surface area (Å²) < 4.78 is 5.59. The van der Waals surface area contributed by atoms with Gasteiger partial charge in [0.25, 0.3) is 0 Å². The molecule has 3 N–H and O–H groups in total. The number of nitrogens with two attached hydrogens (primary N) is 1. The number of carbonyl (C=O) groups excluding carboxylic acids is 1. The third-order valence-corrected chi connectivity index (χ3v) is 3.43. The van der Waals surface area contributed by atoms with E-state index in [0.717, 1.165) is 39.1 Å². The van der Waals surface area contributed by atoms with Crippen molar-refractivity contribution in [3.8, 4) is 0 Å². The Balaban J connectivity index is 2.37. The lowest BCUT2D eigenvalue weighted by molar-refractivity contribution is -0.120. The maximum atomic E-state index is 11.3. The summed E-state index contributed by atoms with van der Waals surface area (Å²) in [4.78, 5) is 13.7. The summed E-state index contributed by atoms with van der Waals surface area (Å²) in [7, 11) is 0. The summed E-state index contributed by atoms with van der Waals surface area (Å²) >= 11 is 0. The molecule has 18 heavy (non-hydrogen) atoms. The largest absolute Gasteiger partial charge is 0.376 e. The first-order chi connectivity index (χ1) is 8.54. The van der Waals surface area contributed by atoms with Gasteiger partial charge in [0, 0.05) is 19.1 Å². The van der Waals surface area contributed by atoms with E-state index in [1.165, 1.54) is 0 Å². The number of nitrogens with zero attached hydrogens (tertiary/aromatic N) is 1. The summed E-state index contributed by atoms with van der Waals surface area (Å²) in [5.74, 6) is -0.252.